The molecule has 0 bridgehead atoms. The molecule has 0 aromatic carbocycles. The number of aromatic nitrogens is 1. The van der Waals surface area contributed by atoms with Crippen LogP contribution in [-0.2, 0) is 6.54 Å². The maximum atomic E-state index is 6.22. The fourth-order valence-electron chi connectivity index (χ4n) is 2.03. The Labute approximate surface area is 128 Å². The first-order valence-electron chi connectivity index (χ1n) is 7.69. The number of rotatable bonds is 10. The molecular formula is C16H27ClN2O. The van der Waals surface area contributed by atoms with Crippen LogP contribution in [0.1, 0.15) is 58.4 Å². The van der Waals surface area contributed by atoms with E-state index in [4.69, 9.17) is 16.3 Å². The van der Waals surface area contributed by atoms with Gasteiger partial charge in [0.05, 0.1) is 6.10 Å². The molecule has 1 heterocycles. The monoisotopic (exact) mass is 298 g/mol. The average Bonchev–Trinajstić information content (AvgIpc) is 2.44. The summed E-state index contributed by atoms with van der Waals surface area (Å²) >= 11 is 6.22. The summed E-state index contributed by atoms with van der Waals surface area (Å²) in [6, 6.07) is 1.93. The third-order valence-electron chi connectivity index (χ3n) is 3.22. The molecule has 1 atom stereocenters. The van der Waals surface area contributed by atoms with Gasteiger partial charge in [-0.1, -0.05) is 44.7 Å². The smallest absolute Gasteiger partial charge is 0.232 e. The highest BCUT2D eigenvalue weighted by atomic mass is 35.5. The lowest BCUT2D eigenvalue weighted by molar-refractivity contribution is 0.198. The number of hydrogen-bond donors (Lipinski definition) is 1. The minimum absolute atomic E-state index is 0.163. The van der Waals surface area contributed by atoms with Gasteiger partial charge >= 0.3 is 0 Å². The molecule has 1 rings (SSSR count). The van der Waals surface area contributed by atoms with Crippen LogP contribution < -0.4 is 10.1 Å². The molecule has 0 aliphatic heterocycles. The van der Waals surface area contributed by atoms with Crippen molar-refractivity contribution in [3.8, 4) is 5.88 Å². The minimum atomic E-state index is 0.163. The molecule has 1 N–H and O–H groups in total. The summed E-state index contributed by atoms with van der Waals surface area (Å²) in [5.41, 5.74) is 1.08. The first-order chi connectivity index (χ1) is 9.67. The highest BCUT2D eigenvalue weighted by Gasteiger charge is 2.09. The molecule has 0 spiro atoms. The van der Waals surface area contributed by atoms with Gasteiger partial charge in [0.1, 0.15) is 5.02 Å². The van der Waals surface area contributed by atoms with Crippen molar-refractivity contribution >= 4 is 11.6 Å². The lowest BCUT2D eigenvalue weighted by Crippen LogP contribution is -2.14. The summed E-state index contributed by atoms with van der Waals surface area (Å²) in [5.74, 6) is 0.551. The Morgan fingerprint density at radius 1 is 1.30 bits per heavy atom. The van der Waals surface area contributed by atoms with Crippen LogP contribution in [0.15, 0.2) is 12.3 Å². The summed E-state index contributed by atoms with van der Waals surface area (Å²) in [4.78, 5) is 4.32. The number of ether oxygens (including phenoxy) is 1. The predicted octanol–water partition coefficient (Wildman–Crippen LogP) is 4.58. The van der Waals surface area contributed by atoms with E-state index in [-0.39, 0.29) is 6.10 Å². The molecule has 20 heavy (non-hydrogen) atoms. The SMILES string of the molecule is CCCCCCC(C)Oc1ncc(CNCC)cc1Cl. The molecule has 1 aromatic heterocycles. The molecule has 0 saturated carbocycles. The Kier molecular flexibility index (Phi) is 8.63. The van der Waals surface area contributed by atoms with Gasteiger partial charge in [0.25, 0.3) is 0 Å². The Balaban J connectivity index is 2.42. The first-order valence-corrected chi connectivity index (χ1v) is 8.07. The van der Waals surface area contributed by atoms with E-state index >= 15 is 0 Å². The third kappa shape index (κ3) is 6.58. The number of hydrogen-bond acceptors (Lipinski definition) is 3. The number of nitrogens with one attached hydrogen (secondary N) is 1. The molecule has 0 fully saturated rings. The molecule has 114 valence electrons. The quantitative estimate of drug-likeness (QED) is 0.642. The van der Waals surface area contributed by atoms with Crippen molar-refractivity contribution in [2.24, 2.45) is 0 Å². The average molecular weight is 299 g/mol. The molecule has 0 saturated heterocycles. The molecule has 0 aliphatic carbocycles. The van der Waals surface area contributed by atoms with Crippen LogP contribution in [0.2, 0.25) is 5.02 Å². The lowest BCUT2D eigenvalue weighted by Gasteiger charge is -2.15. The van der Waals surface area contributed by atoms with Gasteiger partial charge in [-0.2, -0.15) is 0 Å². The highest BCUT2D eigenvalue weighted by Crippen LogP contribution is 2.24. The summed E-state index contributed by atoms with van der Waals surface area (Å²) in [7, 11) is 0. The third-order valence-corrected chi connectivity index (χ3v) is 3.49. The first kappa shape index (κ1) is 17.3. The normalized spacial score (nSPS) is 12.4. The molecular weight excluding hydrogens is 272 g/mol. The number of unbranched alkanes of at least 4 members (excludes halogenated alkanes) is 3. The van der Waals surface area contributed by atoms with E-state index in [9.17, 15) is 0 Å². The summed E-state index contributed by atoms with van der Waals surface area (Å²) < 4.78 is 5.82. The van der Waals surface area contributed by atoms with Crippen molar-refractivity contribution in [2.45, 2.75) is 65.5 Å². The second-order valence-corrected chi connectivity index (χ2v) is 5.60. The van der Waals surface area contributed by atoms with E-state index in [1.54, 1.807) is 0 Å². The summed E-state index contributed by atoms with van der Waals surface area (Å²) in [6.07, 6.45) is 8.07. The summed E-state index contributed by atoms with van der Waals surface area (Å²) in [5, 5.41) is 3.85. The van der Waals surface area contributed by atoms with Gasteiger partial charge in [0.2, 0.25) is 5.88 Å². The zero-order valence-corrected chi connectivity index (χ0v) is 13.7. The van der Waals surface area contributed by atoms with E-state index < -0.39 is 0 Å². The van der Waals surface area contributed by atoms with Crippen LogP contribution >= 0.6 is 11.6 Å². The van der Waals surface area contributed by atoms with E-state index in [1.807, 2.05) is 12.3 Å². The van der Waals surface area contributed by atoms with Crippen molar-refractivity contribution in [2.75, 3.05) is 6.54 Å². The molecule has 0 aliphatic rings. The maximum absolute atomic E-state index is 6.22. The zero-order valence-electron chi connectivity index (χ0n) is 12.9. The Hall–Kier alpha value is -0.800. The van der Waals surface area contributed by atoms with Crippen molar-refractivity contribution in [3.63, 3.8) is 0 Å². The van der Waals surface area contributed by atoms with E-state index in [1.165, 1.54) is 25.7 Å². The van der Waals surface area contributed by atoms with Gasteiger partial charge in [-0.25, -0.2) is 4.98 Å². The molecule has 1 aromatic rings. The molecule has 3 nitrogen and oxygen atoms in total. The van der Waals surface area contributed by atoms with Gasteiger partial charge in [-0.3, -0.25) is 0 Å². The maximum Gasteiger partial charge on any atom is 0.232 e. The van der Waals surface area contributed by atoms with Crippen molar-refractivity contribution < 1.29 is 4.74 Å². The minimum Gasteiger partial charge on any atom is -0.474 e. The van der Waals surface area contributed by atoms with Crippen LogP contribution in [0.3, 0.4) is 0 Å². The topological polar surface area (TPSA) is 34.1 Å². The fourth-order valence-corrected chi connectivity index (χ4v) is 2.26. The Morgan fingerprint density at radius 2 is 2.10 bits per heavy atom. The van der Waals surface area contributed by atoms with Crippen LogP contribution in [0.25, 0.3) is 0 Å². The van der Waals surface area contributed by atoms with Crippen LogP contribution in [0.4, 0.5) is 0 Å². The number of pyridine rings is 1. The highest BCUT2D eigenvalue weighted by molar-refractivity contribution is 6.31. The van der Waals surface area contributed by atoms with Crippen LogP contribution in [-0.4, -0.2) is 17.6 Å². The molecule has 1 unspecified atom stereocenters. The van der Waals surface area contributed by atoms with Gasteiger partial charge in [-0.15, -0.1) is 0 Å². The molecule has 0 radical (unpaired) electrons. The second kappa shape index (κ2) is 10.0. The van der Waals surface area contributed by atoms with Gasteiger partial charge in [-0.05, 0) is 37.9 Å². The van der Waals surface area contributed by atoms with Gasteiger partial charge < -0.3 is 10.1 Å². The lowest BCUT2D eigenvalue weighted by atomic mass is 10.1. The summed E-state index contributed by atoms with van der Waals surface area (Å²) in [6.45, 7) is 8.10. The van der Waals surface area contributed by atoms with Gasteiger partial charge in [0, 0.05) is 12.7 Å². The Bertz CT molecular complexity index is 385. The van der Waals surface area contributed by atoms with E-state index in [0.29, 0.717) is 10.9 Å². The predicted molar refractivity (Wildman–Crippen MR) is 85.5 cm³/mol. The second-order valence-electron chi connectivity index (χ2n) is 5.19. The Morgan fingerprint density at radius 3 is 2.75 bits per heavy atom. The molecule has 0 amide bonds. The van der Waals surface area contributed by atoms with Gasteiger partial charge in [0.15, 0.2) is 0 Å². The van der Waals surface area contributed by atoms with Crippen molar-refractivity contribution in [1.29, 1.82) is 0 Å². The standard InChI is InChI=1S/C16H27ClN2O/c1-4-6-7-8-9-13(3)20-16-15(17)10-14(12-19-16)11-18-5-2/h10,12-13,18H,4-9,11H2,1-3H3. The zero-order chi connectivity index (χ0) is 14.8. The number of nitrogens with zero attached hydrogens (tertiary/aromatic N) is 1. The van der Waals surface area contributed by atoms with Crippen LogP contribution in [0.5, 0.6) is 5.88 Å². The van der Waals surface area contributed by atoms with E-state index in [0.717, 1.165) is 25.1 Å². The van der Waals surface area contributed by atoms with Crippen LogP contribution in [0, 0.1) is 0 Å². The largest absolute Gasteiger partial charge is 0.474 e. The van der Waals surface area contributed by atoms with Crippen molar-refractivity contribution in [3.05, 3.63) is 22.8 Å². The molecule has 4 heteroatoms. The fraction of sp³-hybridized carbons (Fsp3) is 0.688. The van der Waals surface area contributed by atoms with E-state index in [2.05, 4.69) is 31.1 Å². The van der Waals surface area contributed by atoms with Crippen molar-refractivity contribution in [1.82, 2.24) is 10.3 Å². The number of halogens is 1.